The van der Waals surface area contributed by atoms with Crippen molar-refractivity contribution in [1.82, 2.24) is 0 Å². The Morgan fingerprint density at radius 2 is 1.04 bits per heavy atom. The Labute approximate surface area is 454 Å². The highest BCUT2D eigenvalue weighted by Crippen LogP contribution is 2.51. The van der Waals surface area contributed by atoms with Gasteiger partial charge in [0.05, 0.1) is 63.1 Å². The topological polar surface area (TPSA) is 90.9 Å². The Kier molecular flexibility index (Phi) is 19.3. The fourth-order valence-electron chi connectivity index (χ4n) is 13.9. The summed E-state index contributed by atoms with van der Waals surface area (Å²) in [5.41, 5.74) is 1.63. The van der Waals surface area contributed by atoms with E-state index in [-0.39, 0.29) is 24.9 Å². The van der Waals surface area contributed by atoms with Gasteiger partial charge in [-0.3, -0.25) is 4.79 Å². The molecular formula is C64H94O9Si2. The average Bonchev–Trinajstić information content (AvgIpc) is 3.46. The Hall–Kier alpha value is -3.34. The van der Waals surface area contributed by atoms with Crippen LogP contribution in [0, 0.1) is 0 Å². The van der Waals surface area contributed by atoms with Crippen LogP contribution >= 0.6 is 0 Å². The van der Waals surface area contributed by atoms with E-state index in [0.717, 1.165) is 22.1 Å². The molecule has 7 unspecified atom stereocenters. The molecule has 75 heavy (non-hydrogen) atoms. The first-order valence-electron chi connectivity index (χ1n) is 28.4. The smallest absolute Gasteiger partial charge is 0.200 e. The third-order valence-corrected chi connectivity index (χ3v) is 29.9. The van der Waals surface area contributed by atoms with E-state index in [0.29, 0.717) is 72.5 Å². The van der Waals surface area contributed by atoms with Crippen molar-refractivity contribution in [3.05, 3.63) is 132 Å². The van der Waals surface area contributed by atoms with Gasteiger partial charge in [-0.1, -0.05) is 180 Å². The van der Waals surface area contributed by atoms with E-state index < -0.39 is 63.5 Å². The molecule has 3 aliphatic rings. The summed E-state index contributed by atoms with van der Waals surface area (Å²) in [7, 11) is -4.82. The monoisotopic (exact) mass is 1060 g/mol. The van der Waals surface area contributed by atoms with Crippen molar-refractivity contribution < 1.29 is 42.1 Å². The maximum absolute atomic E-state index is 14.9. The van der Waals surface area contributed by atoms with Gasteiger partial charge >= 0.3 is 0 Å². The fraction of sp³-hybridized carbons (Fsp3) is 0.609. The molecule has 11 heteroatoms. The lowest BCUT2D eigenvalue weighted by Crippen LogP contribution is -2.67. The van der Waals surface area contributed by atoms with E-state index in [2.05, 4.69) is 178 Å². The molecule has 0 saturated carbocycles. The molecule has 2 saturated heterocycles. The van der Waals surface area contributed by atoms with E-state index >= 15 is 0 Å². The number of rotatable bonds is 23. The minimum atomic E-state index is -2.49. The molecular weight excluding hydrogens is 969 g/mol. The van der Waals surface area contributed by atoms with Gasteiger partial charge in [-0.2, -0.15) is 0 Å². The molecule has 0 radical (unpaired) electrons. The van der Waals surface area contributed by atoms with Crippen LogP contribution in [0.3, 0.4) is 0 Å². The number of carbonyl (C=O) groups excluding carboxylic acids is 1. The molecule has 3 heterocycles. The maximum atomic E-state index is 14.9. The number of ketones is 1. The maximum Gasteiger partial charge on any atom is 0.200 e. The molecule has 0 spiro atoms. The third-order valence-electron chi connectivity index (χ3n) is 17.7. The normalized spacial score (nSPS) is 28.8. The highest BCUT2D eigenvalue weighted by molar-refractivity contribution is 6.78. The van der Waals surface area contributed by atoms with Crippen molar-refractivity contribution in [2.24, 2.45) is 0 Å². The fourth-order valence-corrected chi connectivity index (χ4v) is 25.1. The highest BCUT2D eigenvalue weighted by Gasteiger charge is 2.60. The first kappa shape index (κ1) is 59.3. The standard InChI is InChI=1S/C64H94O9Si2/c1-44(2)74(45(3)4,46(5)6)69-43-64(16)60(71-75(47(7)8,48(9)10)49(11)12)37-59-61(13,72-64)34-33-55(65)56(70-59)38-62(14)57(68-41-52-31-32-53-29-23-24-30-54(53)35-52)36-58(67-40-51-27-21-18-22-28-51)63(15,73-62)42-66-39-50-25-19-17-20-26-50/h17-35,44-49,56-60H,36-43H2,1-16H3/t56?,57?,58?,59?,60?,61-,62?,63?,64+/m0/s1. The summed E-state index contributed by atoms with van der Waals surface area (Å²) in [5.74, 6) is -0.131. The summed E-state index contributed by atoms with van der Waals surface area (Å²) in [6.45, 7) is 38.3. The Bertz CT molecular complexity index is 2450. The lowest BCUT2D eigenvalue weighted by Gasteiger charge is -2.57. The van der Waals surface area contributed by atoms with Crippen molar-refractivity contribution in [2.75, 3.05) is 13.2 Å². The molecule has 7 rings (SSSR count). The Balaban J connectivity index is 1.24. The van der Waals surface area contributed by atoms with Crippen LogP contribution < -0.4 is 0 Å². The van der Waals surface area contributed by atoms with Crippen LogP contribution in [-0.4, -0.2) is 88.6 Å². The molecule has 9 nitrogen and oxygen atoms in total. The summed E-state index contributed by atoms with van der Waals surface area (Å²) < 4.78 is 58.4. The summed E-state index contributed by atoms with van der Waals surface area (Å²) in [5, 5.41) is 2.32. The summed E-state index contributed by atoms with van der Waals surface area (Å²) in [6, 6.07) is 35.3. The van der Waals surface area contributed by atoms with Crippen molar-refractivity contribution in [2.45, 2.75) is 236 Å². The molecule has 9 atom stereocenters. The second-order valence-electron chi connectivity index (χ2n) is 25.1. The minimum absolute atomic E-state index is 0.131. The van der Waals surface area contributed by atoms with Crippen LogP contribution in [0.25, 0.3) is 10.8 Å². The van der Waals surface area contributed by atoms with Crippen LogP contribution in [0.5, 0.6) is 0 Å². The van der Waals surface area contributed by atoms with E-state index in [9.17, 15) is 4.79 Å². The lowest BCUT2D eigenvalue weighted by atomic mass is 9.79. The molecule has 3 aliphatic heterocycles. The third kappa shape index (κ3) is 12.9. The Morgan fingerprint density at radius 1 is 0.533 bits per heavy atom. The molecule has 0 aliphatic carbocycles. The molecule has 2 fully saturated rings. The second kappa shape index (κ2) is 24.4. The highest BCUT2D eigenvalue weighted by atomic mass is 28.4. The quantitative estimate of drug-likeness (QED) is 0.0674. The molecule has 0 N–H and O–H groups in total. The van der Waals surface area contributed by atoms with Gasteiger partial charge < -0.3 is 37.3 Å². The minimum Gasteiger partial charge on any atom is -0.413 e. The van der Waals surface area contributed by atoms with Gasteiger partial charge in [-0.05, 0) is 107 Å². The predicted octanol–water partition coefficient (Wildman–Crippen LogP) is 15.4. The molecule has 412 valence electrons. The van der Waals surface area contributed by atoms with E-state index in [1.807, 2.05) is 42.5 Å². The van der Waals surface area contributed by atoms with Crippen LogP contribution in [0.2, 0.25) is 33.2 Å². The molecule has 0 amide bonds. The van der Waals surface area contributed by atoms with Gasteiger partial charge in [0, 0.05) is 19.3 Å². The lowest BCUT2D eigenvalue weighted by molar-refractivity contribution is -0.305. The average molecular weight is 1060 g/mol. The largest absolute Gasteiger partial charge is 0.413 e. The van der Waals surface area contributed by atoms with E-state index in [1.165, 1.54) is 5.39 Å². The second-order valence-corrected chi connectivity index (χ2v) is 36.0. The van der Waals surface area contributed by atoms with Crippen molar-refractivity contribution in [3.63, 3.8) is 0 Å². The summed E-state index contributed by atoms with van der Waals surface area (Å²) >= 11 is 0. The number of carbonyl (C=O) groups is 1. The molecule has 4 aromatic rings. The number of hydrogen-bond donors (Lipinski definition) is 0. The molecule has 4 aromatic carbocycles. The zero-order valence-corrected chi connectivity index (χ0v) is 50.7. The molecule has 0 aromatic heterocycles. The van der Waals surface area contributed by atoms with Crippen LogP contribution in [0.4, 0.5) is 0 Å². The predicted molar refractivity (Wildman–Crippen MR) is 309 cm³/mol. The number of fused-ring (bicyclic) bond motifs is 2. The van der Waals surface area contributed by atoms with E-state index in [4.69, 9.17) is 37.3 Å². The Morgan fingerprint density at radius 3 is 1.61 bits per heavy atom. The van der Waals surface area contributed by atoms with Gasteiger partial charge in [-0.25, -0.2) is 0 Å². The van der Waals surface area contributed by atoms with Gasteiger partial charge in [0.25, 0.3) is 0 Å². The molecule has 0 bridgehead atoms. The van der Waals surface area contributed by atoms with Crippen molar-refractivity contribution >= 4 is 33.2 Å². The van der Waals surface area contributed by atoms with Crippen molar-refractivity contribution in [1.29, 1.82) is 0 Å². The van der Waals surface area contributed by atoms with Crippen LogP contribution in [-0.2, 0) is 61.9 Å². The van der Waals surface area contributed by atoms with Crippen LogP contribution in [0.1, 0.15) is 147 Å². The number of benzene rings is 4. The first-order valence-corrected chi connectivity index (χ1v) is 32.6. The van der Waals surface area contributed by atoms with Gasteiger partial charge in [0.1, 0.15) is 22.9 Å². The van der Waals surface area contributed by atoms with E-state index in [1.54, 1.807) is 6.08 Å². The summed E-state index contributed by atoms with van der Waals surface area (Å²) in [6.07, 6.45) is 2.24. The zero-order valence-electron chi connectivity index (χ0n) is 48.7. The zero-order chi connectivity index (χ0) is 54.6. The van der Waals surface area contributed by atoms with Gasteiger partial charge in [0.15, 0.2) is 14.1 Å². The van der Waals surface area contributed by atoms with Crippen LogP contribution in [0.15, 0.2) is 115 Å². The SMILES string of the molecule is CC(C)[Si](OC[C@@]1(C)O[C@@]2(C)C=CC(=O)C(CC3(C)OC(C)(COCc4ccccc4)C(OCc4ccccc4)CC3OCc3ccc4ccccc4c3)OC2CC1O[Si](C(C)C)(C(C)C)C(C)C)(C(C)C)C(C)C. The van der Waals surface area contributed by atoms with Gasteiger partial charge in [-0.15, -0.1) is 0 Å². The number of ether oxygens (including phenoxy) is 6. The summed E-state index contributed by atoms with van der Waals surface area (Å²) in [4.78, 5) is 14.9. The van der Waals surface area contributed by atoms with Gasteiger partial charge in [0.2, 0.25) is 8.32 Å². The van der Waals surface area contributed by atoms with Crippen molar-refractivity contribution in [3.8, 4) is 0 Å². The number of hydrogen-bond acceptors (Lipinski definition) is 9. The first-order chi connectivity index (χ1) is 35.4.